The predicted octanol–water partition coefficient (Wildman–Crippen LogP) is 4.16. The van der Waals surface area contributed by atoms with Gasteiger partial charge in [-0.15, -0.1) is 0 Å². The second-order valence-corrected chi connectivity index (χ2v) is 9.43. The van der Waals surface area contributed by atoms with Crippen molar-refractivity contribution in [2.24, 2.45) is 0 Å². The zero-order valence-corrected chi connectivity index (χ0v) is 21.6. The van der Waals surface area contributed by atoms with Crippen LogP contribution in [0.5, 0.6) is 11.5 Å². The number of carbonyl (C=O) groups excluding carboxylic acids is 1. The molecule has 1 amide bonds. The summed E-state index contributed by atoms with van der Waals surface area (Å²) < 4.78 is 13.1. The molecule has 1 fully saturated rings. The minimum atomic E-state index is -0.170. The molecule has 0 bridgehead atoms. The number of ether oxygens (including phenoxy) is 2. The molecule has 9 nitrogen and oxygen atoms in total. The molecule has 1 saturated heterocycles. The van der Waals surface area contributed by atoms with E-state index < -0.39 is 0 Å². The molecule has 4 rings (SSSR count). The molecule has 1 aliphatic rings. The molecule has 1 aliphatic heterocycles. The number of benzene rings is 1. The summed E-state index contributed by atoms with van der Waals surface area (Å²) in [7, 11) is 0. The highest BCUT2D eigenvalue weighted by atomic mass is 32.2. The van der Waals surface area contributed by atoms with E-state index in [1.807, 2.05) is 24.7 Å². The first kappa shape index (κ1) is 25.1. The molecular formula is C25H34N6O3S. The molecule has 35 heavy (non-hydrogen) atoms. The maximum atomic E-state index is 12.8. The zero-order valence-electron chi connectivity index (χ0n) is 20.7. The van der Waals surface area contributed by atoms with Crippen LogP contribution in [0, 0.1) is 0 Å². The molecule has 0 saturated carbocycles. The van der Waals surface area contributed by atoms with Gasteiger partial charge in [-0.1, -0.05) is 18.7 Å². The summed E-state index contributed by atoms with van der Waals surface area (Å²) in [5, 5.41) is 9.30. The number of nitrogens with zero attached hydrogens (tertiary/aromatic N) is 5. The van der Waals surface area contributed by atoms with Gasteiger partial charge in [0.2, 0.25) is 0 Å². The number of thioether (sulfide) groups is 1. The molecule has 0 spiro atoms. The Kier molecular flexibility index (Phi) is 8.68. The van der Waals surface area contributed by atoms with Gasteiger partial charge >= 0.3 is 0 Å². The van der Waals surface area contributed by atoms with Crippen molar-refractivity contribution >= 4 is 34.5 Å². The lowest BCUT2D eigenvalue weighted by molar-refractivity contribution is 0.0951. The van der Waals surface area contributed by atoms with Gasteiger partial charge in [-0.3, -0.25) is 4.79 Å². The van der Waals surface area contributed by atoms with Crippen LogP contribution in [-0.4, -0.2) is 64.3 Å². The lowest BCUT2D eigenvalue weighted by Crippen LogP contribution is -2.30. The van der Waals surface area contributed by atoms with E-state index in [0.717, 1.165) is 40.9 Å². The maximum Gasteiger partial charge on any atom is 0.251 e. The number of anilines is 1. The third kappa shape index (κ3) is 5.98. The van der Waals surface area contributed by atoms with Gasteiger partial charge in [0.15, 0.2) is 22.3 Å². The van der Waals surface area contributed by atoms with Gasteiger partial charge in [0, 0.05) is 25.2 Å². The molecule has 0 radical (unpaired) electrons. The molecule has 188 valence electrons. The van der Waals surface area contributed by atoms with Crippen molar-refractivity contribution in [3.8, 4) is 11.5 Å². The third-order valence-corrected chi connectivity index (χ3v) is 6.53. The van der Waals surface area contributed by atoms with E-state index >= 15 is 0 Å². The summed E-state index contributed by atoms with van der Waals surface area (Å²) in [6.07, 6.45) is 5.47. The fourth-order valence-corrected chi connectivity index (χ4v) is 4.76. The van der Waals surface area contributed by atoms with Crippen molar-refractivity contribution in [2.75, 3.05) is 43.5 Å². The van der Waals surface area contributed by atoms with E-state index in [-0.39, 0.29) is 5.91 Å². The van der Waals surface area contributed by atoms with Crippen LogP contribution in [0.15, 0.2) is 29.6 Å². The number of carbonyl (C=O) groups is 1. The monoisotopic (exact) mass is 498 g/mol. The second kappa shape index (κ2) is 12.1. The van der Waals surface area contributed by atoms with Crippen LogP contribution in [0.2, 0.25) is 0 Å². The number of piperidine rings is 1. The molecule has 1 N–H and O–H groups in total. The van der Waals surface area contributed by atoms with Crippen molar-refractivity contribution in [1.82, 2.24) is 25.1 Å². The van der Waals surface area contributed by atoms with Crippen molar-refractivity contribution in [3.63, 3.8) is 0 Å². The molecule has 0 unspecified atom stereocenters. The Morgan fingerprint density at radius 3 is 2.57 bits per heavy atom. The number of nitrogens with one attached hydrogen (secondary N) is 1. The highest BCUT2D eigenvalue weighted by Crippen LogP contribution is 2.30. The number of amides is 1. The number of hydrogen-bond donors (Lipinski definition) is 1. The Morgan fingerprint density at radius 2 is 1.83 bits per heavy atom. The smallest absolute Gasteiger partial charge is 0.251 e. The molecule has 3 heterocycles. The van der Waals surface area contributed by atoms with Gasteiger partial charge in [-0.25, -0.2) is 14.6 Å². The van der Waals surface area contributed by atoms with E-state index in [1.165, 1.54) is 19.3 Å². The minimum Gasteiger partial charge on any atom is -0.490 e. The topological polar surface area (TPSA) is 94.4 Å². The third-order valence-electron chi connectivity index (χ3n) is 5.80. The van der Waals surface area contributed by atoms with Crippen LogP contribution in [0.25, 0.3) is 11.0 Å². The van der Waals surface area contributed by atoms with Crippen LogP contribution in [0.1, 0.15) is 50.4 Å². The summed E-state index contributed by atoms with van der Waals surface area (Å²) >= 11 is 1.63. The zero-order chi connectivity index (χ0) is 24.6. The minimum absolute atomic E-state index is 0.170. The standard InChI is InChI=1S/C25H34N6O3S/c1-4-33-20-11-10-18(16-21(20)34-5-2)24(32)26-12-15-31-23-19(17-27-31)22(28-25(29-23)35-6-3)30-13-8-7-9-14-30/h10-11,16-17H,4-9,12-15H2,1-3H3,(H,26,32). The summed E-state index contributed by atoms with van der Waals surface area (Å²) in [6, 6.07) is 5.24. The Labute approximate surface area is 210 Å². The van der Waals surface area contributed by atoms with E-state index in [4.69, 9.17) is 19.4 Å². The fourth-order valence-electron chi connectivity index (χ4n) is 4.19. The Bertz CT molecular complexity index is 1150. The SMILES string of the molecule is CCOc1ccc(C(=O)NCCn2ncc3c(N4CCCCC4)nc(SCC)nc32)cc1OCC. The van der Waals surface area contributed by atoms with Gasteiger partial charge < -0.3 is 19.7 Å². The van der Waals surface area contributed by atoms with E-state index in [9.17, 15) is 4.79 Å². The second-order valence-electron chi connectivity index (χ2n) is 8.20. The molecule has 2 aromatic heterocycles. The lowest BCUT2D eigenvalue weighted by Gasteiger charge is -2.28. The first-order chi connectivity index (χ1) is 17.1. The van der Waals surface area contributed by atoms with Crippen LogP contribution >= 0.6 is 11.8 Å². The van der Waals surface area contributed by atoms with E-state index in [2.05, 4.69) is 22.2 Å². The fraction of sp³-hybridized carbons (Fsp3) is 0.520. The summed E-state index contributed by atoms with van der Waals surface area (Å²) in [6.45, 7) is 9.90. The average Bonchev–Trinajstić information content (AvgIpc) is 3.28. The Hall–Kier alpha value is -3.01. The summed E-state index contributed by atoms with van der Waals surface area (Å²) in [5.74, 6) is 2.91. The Balaban J connectivity index is 1.48. The lowest BCUT2D eigenvalue weighted by atomic mass is 10.1. The van der Waals surface area contributed by atoms with Gasteiger partial charge in [-0.05, 0) is 57.1 Å². The number of rotatable bonds is 11. The van der Waals surface area contributed by atoms with Crippen LogP contribution in [0.4, 0.5) is 5.82 Å². The van der Waals surface area contributed by atoms with Crippen molar-refractivity contribution < 1.29 is 14.3 Å². The normalized spacial score (nSPS) is 13.7. The van der Waals surface area contributed by atoms with Gasteiger partial charge in [0.25, 0.3) is 5.91 Å². The predicted molar refractivity (Wildman–Crippen MR) is 139 cm³/mol. The molecule has 1 aromatic carbocycles. The highest BCUT2D eigenvalue weighted by Gasteiger charge is 2.20. The molecule has 0 atom stereocenters. The van der Waals surface area contributed by atoms with Crippen molar-refractivity contribution in [1.29, 1.82) is 0 Å². The summed E-state index contributed by atoms with van der Waals surface area (Å²) in [5.41, 5.74) is 1.34. The van der Waals surface area contributed by atoms with Crippen LogP contribution < -0.4 is 19.7 Å². The molecule has 10 heteroatoms. The average molecular weight is 499 g/mol. The van der Waals surface area contributed by atoms with Crippen molar-refractivity contribution in [2.45, 2.75) is 51.7 Å². The van der Waals surface area contributed by atoms with E-state index in [0.29, 0.717) is 43.4 Å². The largest absolute Gasteiger partial charge is 0.490 e. The van der Waals surface area contributed by atoms with Gasteiger partial charge in [0.05, 0.1) is 31.3 Å². The van der Waals surface area contributed by atoms with Crippen molar-refractivity contribution in [3.05, 3.63) is 30.0 Å². The highest BCUT2D eigenvalue weighted by molar-refractivity contribution is 7.99. The quantitative estimate of drug-likeness (QED) is 0.311. The van der Waals surface area contributed by atoms with Gasteiger partial charge in [-0.2, -0.15) is 5.10 Å². The van der Waals surface area contributed by atoms with Crippen LogP contribution in [0.3, 0.4) is 0 Å². The number of aromatic nitrogens is 4. The molecular weight excluding hydrogens is 464 g/mol. The Morgan fingerprint density at radius 1 is 1.06 bits per heavy atom. The van der Waals surface area contributed by atoms with Gasteiger partial charge in [0.1, 0.15) is 5.82 Å². The number of hydrogen-bond acceptors (Lipinski definition) is 8. The molecule has 3 aromatic rings. The van der Waals surface area contributed by atoms with E-state index in [1.54, 1.807) is 30.0 Å². The molecule has 0 aliphatic carbocycles. The van der Waals surface area contributed by atoms with Crippen LogP contribution in [-0.2, 0) is 6.54 Å². The number of fused-ring (bicyclic) bond motifs is 1. The first-order valence-corrected chi connectivity index (χ1v) is 13.4. The summed E-state index contributed by atoms with van der Waals surface area (Å²) in [4.78, 5) is 24.8. The first-order valence-electron chi connectivity index (χ1n) is 12.4. The maximum absolute atomic E-state index is 12.8.